The predicted octanol–water partition coefficient (Wildman–Crippen LogP) is -1.41. The fourth-order valence-electron chi connectivity index (χ4n) is 0.878. The minimum atomic E-state index is -1.34. The van der Waals surface area contributed by atoms with E-state index in [9.17, 15) is 14.7 Å². The molecule has 0 rings (SSSR count). The van der Waals surface area contributed by atoms with E-state index in [4.69, 9.17) is 14.9 Å². The molecule has 100 valence electrons. The van der Waals surface area contributed by atoms with Gasteiger partial charge >= 0.3 is 11.9 Å². The van der Waals surface area contributed by atoms with Crippen molar-refractivity contribution in [1.29, 1.82) is 0 Å². The number of carbonyl (C=O) groups is 2. The first-order valence-corrected chi connectivity index (χ1v) is 5.25. The Balaban J connectivity index is 4.29. The van der Waals surface area contributed by atoms with Crippen molar-refractivity contribution in [2.24, 2.45) is 0 Å². The molecular formula is C10H18O7. The molecule has 0 saturated heterocycles. The van der Waals surface area contributed by atoms with Crippen LogP contribution in [0.3, 0.4) is 0 Å². The zero-order chi connectivity index (χ0) is 13.4. The number of hydrogen-bond donors (Lipinski definition) is 3. The molecule has 0 radical (unpaired) electrons. The molecule has 0 amide bonds. The van der Waals surface area contributed by atoms with Crippen LogP contribution in [0.15, 0.2) is 0 Å². The molecule has 0 bridgehead atoms. The molecule has 0 aliphatic rings. The first kappa shape index (κ1) is 15.8. The summed E-state index contributed by atoms with van der Waals surface area (Å²) in [5, 5.41) is 26.9. The van der Waals surface area contributed by atoms with Crippen LogP contribution in [0.2, 0.25) is 0 Å². The topological polar surface area (TPSA) is 113 Å². The van der Waals surface area contributed by atoms with Gasteiger partial charge in [-0.3, -0.25) is 4.79 Å². The van der Waals surface area contributed by atoms with Gasteiger partial charge in [0.05, 0.1) is 6.61 Å². The van der Waals surface area contributed by atoms with Crippen molar-refractivity contribution >= 4 is 11.9 Å². The number of aliphatic hydroxyl groups excluding tert-OH is 3. The predicted molar refractivity (Wildman–Crippen MR) is 55.9 cm³/mol. The van der Waals surface area contributed by atoms with Crippen molar-refractivity contribution in [2.45, 2.75) is 38.6 Å². The van der Waals surface area contributed by atoms with Gasteiger partial charge < -0.3 is 24.8 Å². The molecule has 3 atom stereocenters. The molecule has 0 fully saturated rings. The molecule has 0 aliphatic carbocycles. The smallest absolute Gasteiger partial charge is 0.334 e. The summed E-state index contributed by atoms with van der Waals surface area (Å²) in [7, 11) is 0. The van der Waals surface area contributed by atoms with Crippen molar-refractivity contribution < 1.29 is 34.4 Å². The second-order valence-corrected chi connectivity index (χ2v) is 3.44. The molecule has 0 aromatic heterocycles. The molecule has 0 aliphatic heterocycles. The fraction of sp³-hybridized carbons (Fsp3) is 0.800. The molecule has 7 nitrogen and oxygen atoms in total. The highest BCUT2D eigenvalue weighted by Gasteiger charge is 2.25. The van der Waals surface area contributed by atoms with Crippen LogP contribution >= 0.6 is 0 Å². The van der Waals surface area contributed by atoms with Gasteiger partial charge in [-0.05, 0) is 6.92 Å². The zero-order valence-corrected chi connectivity index (χ0v) is 9.83. The Kier molecular flexibility index (Phi) is 7.44. The summed E-state index contributed by atoms with van der Waals surface area (Å²) >= 11 is 0. The number of rotatable bonds is 7. The minimum Gasteiger partial charge on any atom is -0.460 e. The molecular weight excluding hydrogens is 232 g/mol. The first-order chi connectivity index (χ1) is 7.92. The third-order valence-electron chi connectivity index (χ3n) is 1.92. The number of hydrogen-bond acceptors (Lipinski definition) is 7. The molecule has 0 saturated carbocycles. The Bertz CT molecular complexity index is 251. The van der Waals surface area contributed by atoms with Gasteiger partial charge in [0.2, 0.25) is 0 Å². The monoisotopic (exact) mass is 250 g/mol. The Morgan fingerprint density at radius 1 is 1.29 bits per heavy atom. The van der Waals surface area contributed by atoms with E-state index >= 15 is 0 Å². The van der Waals surface area contributed by atoms with Gasteiger partial charge in [0.25, 0.3) is 0 Å². The quantitative estimate of drug-likeness (QED) is 0.475. The Morgan fingerprint density at radius 3 is 2.29 bits per heavy atom. The lowest BCUT2D eigenvalue weighted by Gasteiger charge is -2.21. The molecule has 0 spiro atoms. The van der Waals surface area contributed by atoms with Crippen LogP contribution in [-0.4, -0.2) is 58.8 Å². The largest absolute Gasteiger partial charge is 0.460 e. The van der Waals surface area contributed by atoms with E-state index in [2.05, 4.69) is 4.74 Å². The fourth-order valence-corrected chi connectivity index (χ4v) is 0.878. The first-order valence-electron chi connectivity index (χ1n) is 5.25. The summed E-state index contributed by atoms with van der Waals surface area (Å²) in [6.07, 6.45) is -3.69. The average Bonchev–Trinajstić information content (AvgIpc) is 2.32. The SMILES string of the molecule is CCC(=O)O[C@H](COC(=O)C(C)O)[C@H](O)CO. The lowest BCUT2D eigenvalue weighted by Crippen LogP contribution is -2.39. The van der Waals surface area contributed by atoms with Crippen molar-refractivity contribution in [3.05, 3.63) is 0 Å². The van der Waals surface area contributed by atoms with Crippen molar-refractivity contribution in [2.75, 3.05) is 13.2 Å². The third kappa shape index (κ3) is 6.20. The van der Waals surface area contributed by atoms with E-state index in [-0.39, 0.29) is 6.42 Å². The molecule has 7 heteroatoms. The van der Waals surface area contributed by atoms with Crippen molar-refractivity contribution in [3.8, 4) is 0 Å². The van der Waals surface area contributed by atoms with Gasteiger partial charge in [-0.1, -0.05) is 6.92 Å². The Labute approximate surface area is 99.0 Å². The number of esters is 2. The maximum Gasteiger partial charge on any atom is 0.334 e. The molecule has 1 unspecified atom stereocenters. The normalized spacial score (nSPS) is 15.8. The summed E-state index contributed by atoms with van der Waals surface area (Å²) in [6, 6.07) is 0. The maximum absolute atomic E-state index is 11.0. The van der Waals surface area contributed by atoms with Gasteiger partial charge in [0, 0.05) is 6.42 Å². The van der Waals surface area contributed by atoms with Crippen molar-refractivity contribution in [1.82, 2.24) is 0 Å². The molecule has 17 heavy (non-hydrogen) atoms. The third-order valence-corrected chi connectivity index (χ3v) is 1.92. The minimum absolute atomic E-state index is 0.0962. The van der Waals surface area contributed by atoms with E-state index in [1.54, 1.807) is 6.92 Å². The maximum atomic E-state index is 11.0. The standard InChI is InChI=1S/C10H18O7/c1-3-9(14)17-8(7(13)4-11)5-16-10(15)6(2)12/h6-8,11-13H,3-5H2,1-2H3/t6?,7-,8-/m1/s1. The lowest BCUT2D eigenvalue weighted by molar-refractivity contribution is -0.171. The highest BCUT2D eigenvalue weighted by atomic mass is 16.6. The van der Waals surface area contributed by atoms with Gasteiger partial charge in [0.15, 0.2) is 6.10 Å². The summed E-state index contributed by atoms with van der Waals surface area (Å²) in [5.41, 5.74) is 0. The summed E-state index contributed by atoms with van der Waals surface area (Å²) in [4.78, 5) is 22.0. The molecule has 0 aromatic rings. The summed E-state index contributed by atoms with van der Waals surface area (Å²) in [6.45, 7) is 1.73. The van der Waals surface area contributed by atoms with E-state index in [1.165, 1.54) is 6.92 Å². The number of carbonyl (C=O) groups excluding carboxylic acids is 2. The van der Waals surface area contributed by atoms with Gasteiger partial charge in [-0.2, -0.15) is 0 Å². The number of aliphatic hydroxyl groups is 3. The van der Waals surface area contributed by atoms with Crippen LogP contribution in [0, 0.1) is 0 Å². The second kappa shape index (κ2) is 7.99. The highest BCUT2D eigenvalue weighted by molar-refractivity contribution is 5.73. The van der Waals surface area contributed by atoms with Gasteiger partial charge in [-0.15, -0.1) is 0 Å². The Morgan fingerprint density at radius 2 is 1.88 bits per heavy atom. The lowest BCUT2D eigenvalue weighted by atomic mass is 10.2. The van der Waals surface area contributed by atoms with Crippen LogP contribution in [0.25, 0.3) is 0 Å². The number of ether oxygens (including phenoxy) is 2. The van der Waals surface area contributed by atoms with E-state index in [0.29, 0.717) is 0 Å². The van der Waals surface area contributed by atoms with Crippen molar-refractivity contribution in [3.63, 3.8) is 0 Å². The van der Waals surface area contributed by atoms with E-state index in [0.717, 1.165) is 0 Å². The van der Waals surface area contributed by atoms with Gasteiger partial charge in [-0.25, -0.2) is 4.79 Å². The summed E-state index contributed by atoms with van der Waals surface area (Å²) < 4.78 is 9.37. The second-order valence-electron chi connectivity index (χ2n) is 3.44. The average molecular weight is 250 g/mol. The van der Waals surface area contributed by atoms with Crippen LogP contribution in [-0.2, 0) is 19.1 Å². The highest BCUT2D eigenvalue weighted by Crippen LogP contribution is 2.03. The van der Waals surface area contributed by atoms with Gasteiger partial charge in [0.1, 0.15) is 18.8 Å². The van der Waals surface area contributed by atoms with Crippen LogP contribution in [0.1, 0.15) is 20.3 Å². The molecule has 0 aromatic carbocycles. The van der Waals surface area contributed by atoms with Crippen LogP contribution < -0.4 is 0 Å². The Hall–Kier alpha value is -1.18. The molecule has 0 heterocycles. The van der Waals surface area contributed by atoms with Crippen LogP contribution in [0.4, 0.5) is 0 Å². The van der Waals surface area contributed by atoms with Crippen LogP contribution in [0.5, 0.6) is 0 Å². The van der Waals surface area contributed by atoms with E-state index < -0.39 is 43.5 Å². The summed E-state index contributed by atoms with van der Waals surface area (Å²) in [5.74, 6) is -1.48. The zero-order valence-electron chi connectivity index (χ0n) is 9.83. The van der Waals surface area contributed by atoms with E-state index in [1.807, 2.05) is 0 Å². The molecule has 3 N–H and O–H groups in total.